The topological polar surface area (TPSA) is 81.1 Å². The molecule has 0 fully saturated rings. The van der Waals surface area contributed by atoms with Gasteiger partial charge in [-0.15, -0.1) is 0 Å². The monoisotopic (exact) mass is 403 g/mol. The van der Waals surface area contributed by atoms with Crippen LogP contribution in [0, 0.1) is 6.92 Å². The fourth-order valence-electron chi connectivity index (χ4n) is 2.61. The molecule has 1 heterocycles. The molecule has 0 spiro atoms. The molecule has 0 saturated heterocycles. The minimum absolute atomic E-state index is 0.0272. The highest BCUT2D eigenvalue weighted by atomic mass is 35.5. The Bertz CT molecular complexity index is 1110. The first-order valence-corrected chi connectivity index (χ1v) is 10.1. The molecule has 3 aromatic rings. The van der Waals surface area contributed by atoms with E-state index in [-0.39, 0.29) is 23.5 Å². The predicted octanol–water partition coefficient (Wildman–Crippen LogP) is 2.85. The molecule has 0 bridgehead atoms. The maximum absolute atomic E-state index is 12.5. The van der Waals surface area contributed by atoms with Gasteiger partial charge < -0.3 is 0 Å². The summed E-state index contributed by atoms with van der Waals surface area (Å²) in [7, 11) is -3.74. The van der Waals surface area contributed by atoms with Gasteiger partial charge in [-0.2, -0.15) is 5.10 Å². The molecule has 0 unspecified atom stereocenters. The number of nitrogens with one attached hydrogen (secondary N) is 1. The quantitative estimate of drug-likeness (QED) is 0.686. The van der Waals surface area contributed by atoms with Crippen LogP contribution < -0.4 is 10.3 Å². The lowest BCUT2D eigenvalue weighted by molar-refractivity contribution is 0.548. The number of nitrogens with zero attached hydrogens (tertiary/aromatic N) is 2. The molecule has 0 amide bonds. The van der Waals surface area contributed by atoms with E-state index >= 15 is 0 Å². The van der Waals surface area contributed by atoms with Gasteiger partial charge in [-0.1, -0.05) is 48.0 Å². The number of halogens is 1. The Kier molecular flexibility index (Phi) is 5.74. The minimum Gasteiger partial charge on any atom is -0.268 e. The molecular formula is C19H18ClN3O3S. The standard InChI is InChI=1S/C19H18ClN3O3S/c1-14-16(20)8-5-9-18(14)27(25,26)21-12-13-23-19(24)11-10-17(22-23)15-6-3-2-4-7-15/h2-11,21H,12-13H2,1H3. The third-order valence-corrected chi connectivity index (χ3v) is 6.07. The van der Waals surface area contributed by atoms with Crippen molar-refractivity contribution in [3.63, 3.8) is 0 Å². The van der Waals surface area contributed by atoms with Crippen LogP contribution in [0.3, 0.4) is 0 Å². The molecule has 0 aliphatic rings. The van der Waals surface area contributed by atoms with Crippen molar-refractivity contribution >= 4 is 21.6 Å². The Morgan fingerprint density at radius 1 is 1.04 bits per heavy atom. The van der Waals surface area contributed by atoms with Crippen LogP contribution in [0.15, 0.2) is 70.4 Å². The van der Waals surface area contributed by atoms with E-state index in [4.69, 9.17) is 11.6 Å². The molecule has 0 aliphatic carbocycles. The summed E-state index contributed by atoms with van der Waals surface area (Å²) in [6.45, 7) is 1.78. The molecule has 0 aliphatic heterocycles. The van der Waals surface area contributed by atoms with Crippen LogP contribution >= 0.6 is 11.6 Å². The van der Waals surface area contributed by atoms with E-state index in [1.54, 1.807) is 25.1 Å². The molecule has 0 saturated carbocycles. The zero-order valence-electron chi connectivity index (χ0n) is 14.6. The van der Waals surface area contributed by atoms with Crippen molar-refractivity contribution in [2.45, 2.75) is 18.4 Å². The summed E-state index contributed by atoms with van der Waals surface area (Å²) in [5, 5.41) is 4.70. The second-order valence-corrected chi connectivity index (χ2v) is 8.05. The maximum atomic E-state index is 12.5. The summed E-state index contributed by atoms with van der Waals surface area (Å²) >= 11 is 6.00. The third kappa shape index (κ3) is 4.44. The lowest BCUT2D eigenvalue weighted by Crippen LogP contribution is -2.32. The molecule has 1 aromatic heterocycles. The highest BCUT2D eigenvalue weighted by Gasteiger charge is 2.17. The average Bonchev–Trinajstić information content (AvgIpc) is 2.66. The molecule has 2 aromatic carbocycles. The molecule has 0 atom stereocenters. The fourth-order valence-corrected chi connectivity index (χ4v) is 4.13. The maximum Gasteiger partial charge on any atom is 0.266 e. The van der Waals surface area contributed by atoms with Crippen molar-refractivity contribution in [2.75, 3.05) is 6.54 Å². The summed E-state index contributed by atoms with van der Waals surface area (Å²) in [6.07, 6.45) is 0. The van der Waals surface area contributed by atoms with E-state index in [1.165, 1.54) is 16.8 Å². The van der Waals surface area contributed by atoms with Crippen LogP contribution in [-0.4, -0.2) is 24.7 Å². The van der Waals surface area contributed by atoms with Crippen molar-refractivity contribution in [3.8, 4) is 11.3 Å². The highest BCUT2D eigenvalue weighted by molar-refractivity contribution is 7.89. The van der Waals surface area contributed by atoms with Crippen molar-refractivity contribution in [3.05, 3.63) is 81.6 Å². The predicted molar refractivity (Wildman–Crippen MR) is 105 cm³/mol. The summed E-state index contributed by atoms with van der Waals surface area (Å²) in [4.78, 5) is 12.2. The number of hydrogen-bond acceptors (Lipinski definition) is 4. The van der Waals surface area contributed by atoms with E-state index in [0.29, 0.717) is 16.3 Å². The Morgan fingerprint density at radius 3 is 2.52 bits per heavy atom. The van der Waals surface area contributed by atoms with Crippen LogP contribution in [0.1, 0.15) is 5.56 Å². The Balaban J connectivity index is 1.75. The normalized spacial score (nSPS) is 11.5. The van der Waals surface area contributed by atoms with Gasteiger partial charge in [0, 0.05) is 23.2 Å². The van der Waals surface area contributed by atoms with Crippen molar-refractivity contribution in [1.29, 1.82) is 0 Å². The second kappa shape index (κ2) is 8.04. The summed E-state index contributed by atoms with van der Waals surface area (Å²) in [6, 6.07) is 17.2. The molecule has 3 rings (SSSR count). The average molecular weight is 404 g/mol. The molecule has 0 radical (unpaired) electrons. The van der Waals surface area contributed by atoms with Gasteiger partial charge in [0.05, 0.1) is 17.1 Å². The van der Waals surface area contributed by atoms with Gasteiger partial charge in [-0.25, -0.2) is 17.8 Å². The Labute approximate surface area is 162 Å². The van der Waals surface area contributed by atoms with E-state index in [2.05, 4.69) is 9.82 Å². The van der Waals surface area contributed by atoms with Gasteiger partial charge in [0.15, 0.2) is 0 Å². The number of benzene rings is 2. The molecular weight excluding hydrogens is 386 g/mol. The van der Waals surface area contributed by atoms with E-state index in [0.717, 1.165) is 5.56 Å². The Morgan fingerprint density at radius 2 is 1.78 bits per heavy atom. The van der Waals surface area contributed by atoms with E-state index in [1.807, 2.05) is 30.3 Å². The van der Waals surface area contributed by atoms with Crippen molar-refractivity contribution in [2.24, 2.45) is 0 Å². The van der Waals surface area contributed by atoms with Gasteiger partial charge >= 0.3 is 0 Å². The van der Waals surface area contributed by atoms with Crippen LogP contribution in [0.5, 0.6) is 0 Å². The van der Waals surface area contributed by atoms with Crippen LogP contribution in [-0.2, 0) is 16.6 Å². The van der Waals surface area contributed by atoms with Gasteiger partial charge in [0.2, 0.25) is 10.0 Å². The van der Waals surface area contributed by atoms with E-state index in [9.17, 15) is 13.2 Å². The molecule has 1 N–H and O–H groups in total. The molecule has 140 valence electrons. The van der Waals surface area contributed by atoms with Gasteiger partial charge in [-0.3, -0.25) is 4.79 Å². The first-order valence-electron chi connectivity index (χ1n) is 8.27. The number of hydrogen-bond donors (Lipinski definition) is 1. The second-order valence-electron chi connectivity index (χ2n) is 5.91. The first kappa shape index (κ1) is 19.3. The van der Waals surface area contributed by atoms with E-state index < -0.39 is 10.0 Å². The van der Waals surface area contributed by atoms with Gasteiger partial charge in [-0.05, 0) is 30.7 Å². The zero-order valence-corrected chi connectivity index (χ0v) is 16.2. The number of sulfonamides is 1. The SMILES string of the molecule is Cc1c(Cl)cccc1S(=O)(=O)NCCn1nc(-c2ccccc2)ccc1=O. The smallest absolute Gasteiger partial charge is 0.266 e. The lowest BCUT2D eigenvalue weighted by atomic mass is 10.1. The van der Waals surface area contributed by atoms with Gasteiger partial charge in [0.1, 0.15) is 0 Å². The van der Waals surface area contributed by atoms with Crippen LogP contribution in [0.25, 0.3) is 11.3 Å². The number of rotatable bonds is 6. The molecule has 27 heavy (non-hydrogen) atoms. The Hall–Kier alpha value is -2.48. The van der Waals surface area contributed by atoms with Crippen LogP contribution in [0.2, 0.25) is 5.02 Å². The van der Waals surface area contributed by atoms with Gasteiger partial charge in [0.25, 0.3) is 5.56 Å². The van der Waals surface area contributed by atoms with Crippen molar-refractivity contribution in [1.82, 2.24) is 14.5 Å². The summed E-state index contributed by atoms with van der Waals surface area (Å²) in [5.41, 5.74) is 1.70. The minimum atomic E-state index is -3.74. The summed E-state index contributed by atoms with van der Waals surface area (Å²) < 4.78 is 28.7. The highest BCUT2D eigenvalue weighted by Crippen LogP contribution is 2.22. The lowest BCUT2D eigenvalue weighted by Gasteiger charge is -2.11. The largest absolute Gasteiger partial charge is 0.268 e. The van der Waals surface area contributed by atoms with Crippen molar-refractivity contribution < 1.29 is 8.42 Å². The summed E-state index contributed by atoms with van der Waals surface area (Å²) in [5.74, 6) is 0. The molecule has 6 nitrogen and oxygen atoms in total. The zero-order chi connectivity index (χ0) is 19.4. The third-order valence-electron chi connectivity index (χ3n) is 4.06. The first-order chi connectivity index (χ1) is 12.9. The molecule has 8 heteroatoms. The number of aromatic nitrogens is 2. The fraction of sp³-hybridized carbons (Fsp3) is 0.158. The van der Waals surface area contributed by atoms with Crippen LogP contribution in [0.4, 0.5) is 0 Å².